The molecule has 1 saturated heterocycles. The minimum atomic E-state index is -1.07. The molecule has 4 heterocycles. The van der Waals surface area contributed by atoms with E-state index in [1.165, 1.54) is 10.9 Å². The van der Waals surface area contributed by atoms with Crippen molar-refractivity contribution in [3.8, 4) is 11.4 Å². The molecule has 1 N–H and O–H groups in total. The van der Waals surface area contributed by atoms with Crippen molar-refractivity contribution in [1.82, 2.24) is 23.6 Å². The standard InChI is InChI=1S/C30H35N5O4/c1-39-23-10-8-22(9-11-23)35-17-12-25-27(35)31-21-34(29(25)37)20-30(38)13-18-33(19-14-30)28(36)24-6-2-3-7-26(24)32-15-4-5-16-32/h4-5,8-12,15-17,21,24,26,38H,2-3,6-7,13-14,18-20H2,1H3. The van der Waals surface area contributed by atoms with Gasteiger partial charge in [-0.15, -0.1) is 0 Å². The van der Waals surface area contributed by atoms with Gasteiger partial charge in [0.2, 0.25) is 5.91 Å². The molecule has 6 rings (SSSR count). The summed E-state index contributed by atoms with van der Waals surface area (Å²) >= 11 is 0. The molecule has 0 bridgehead atoms. The van der Waals surface area contributed by atoms with Gasteiger partial charge in [-0.1, -0.05) is 12.8 Å². The van der Waals surface area contributed by atoms with Crippen LogP contribution >= 0.6 is 0 Å². The van der Waals surface area contributed by atoms with Gasteiger partial charge in [-0.05, 0) is 68.1 Å². The average molecular weight is 530 g/mol. The Labute approximate surface area is 227 Å². The summed E-state index contributed by atoms with van der Waals surface area (Å²) in [5.74, 6) is 0.919. The fourth-order valence-corrected chi connectivity index (χ4v) is 6.30. The van der Waals surface area contributed by atoms with Crippen LogP contribution in [0, 0.1) is 5.92 Å². The third-order valence-corrected chi connectivity index (χ3v) is 8.55. The summed E-state index contributed by atoms with van der Waals surface area (Å²) < 4.78 is 10.8. The lowest BCUT2D eigenvalue weighted by Crippen LogP contribution is -2.51. The number of carbonyl (C=O) groups excluding carboxylic acids is 1. The largest absolute Gasteiger partial charge is 0.497 e. The normalized spacial score (nSPS) is 21.2. The number of ether oxygens (including phenoxy) is 1. The summed E-state index contributed by atoms with van der Waals surface area (Å²) in [6.45, 7) is 1.13. The number of fused-ring (bicyclic) bond motifs is 1. The fraction of sp³-hybridized carbons (Fsp3) is 0.433. The second kappa shape index (κ2) is 10.4. The Morgan fingerprint density at radius 1 is 1.05 bits per heavy atom. The molecular formula is C30H35N5O4. The molecule has 2 unspecified atom stereocenters. The van der Waals surface area contributed by atoms with E-state index in [2.05, 4.69) is 21.9 Å². The molecule has 204 valence electrons. The first-order valence-corrected chi connectivity index (χ1v) is 13.8. The fourth-order valence-electron chi connectivity index (χ4n) is 6.30. The van der Waals surface area contributed by atoms with Crippen LogP contribution in [0.3, 0.4) is 0 Å². The Morgan fingerprint density at radius 2 is 1.77 bits per heavy atom. The van der Waals surface area contributed by atoms with E-state index in [0.29, 0.717) is 37.0 Å². The minimum absolute atomic E-state index is 0.0266. The number of likely N-dealkylation sites (tertiary alicyclic amines) is 1. The van der Waals surface area contributed by atoms with Gasteiger partial charge in [-0.2, -0.15) is 0 Å². The van der Waals surface area contributed by atoms with Crippen molar-refractivity contribution < 1.29 is 14.6 Å². The average Bonchev–Trinajstić information content (AvgIpc) is 3.66. The molecule has 9 heteroatoms. The smallest absolute Gasteiger partial charge is 0.262 e. The number of aromatic nitrogens is 4. The molecule has 1 amide bonds. The van der Waals surface area contributed by atoms with Gasteiger partial charge in [-0.3, -0.25) is 14.2 Å². The van der Waals surface area contributed by atoms with Gasteiger partial charge in [0.05, 0.1) is 30.6 Å². The maximum Gasteiger partial charge on any atom is 0.262 e. The minimum Gasteiger partial charge on any atom is -0.497 e. The van der Waals surface area contributed by atoms with Crippen LogP contribution in [0.15, 0.2) is 72.2 Å². The highest BCUT2D eigenvalue weighted by molar-refractivity contribution is 5.79. The summed E-state index contributed by atoms with van der Waals surface area (Å²) in [6, 6.07) is 13.5. The molecule has 1 aliphatic carbocycles. The summed E-state index contributed by atoms with van der Waals surface area (Å²) in [4.78, 5) is 33.4. The van der Waals surface area contributed by atoms with E-state index in [9.17, 15) is 14.7 Å². The van der Waals surface area contributed by atoms with Gasteiger partial charge < -0.3 is 23.9 Å². The van der Waals surface area contributed by atoms with Gasteiger partial charge in [0.15, 0.2) is 5.65 Å². The number of piperidine rings is 1. The van der Waals surface area contributed by atoms with Crippen LogP contribution in [-0.4, -0.2) is 60.4 Å². The van der Waals surface area contributed by atoms with Gasteiger partial charge in [-0.25, -0.2) is 4.98 Å². The summed E-state index contributed by atoms with van der Waals surface area (Å²) in [6.07, 6.45) is 12.4. The van der Waals surface area contributed by atoms with Crippen LogP contribution in [0.25, 0.3) is 16.7 Å². The van der Waals surface area contributed by atoms with Crippen molar-refractivity contribution in [3.63, 3.8) is 0 Å². The molecule has 0 radical (unpaired) electrons. The van der Waals surface area contributed by atoms with E-state index in [1.807, 2.05) is 52.1 Å². The number of benzene rings is 1. The van der Waals surface area contributed by atoms with E-state index < -0.39 is 5.60 Å². The van der Waals surface area contributed by atoms with Gasteiger partial charge in [0.1, 0.15) is 12.1 Å². The number of amides is 1. The topological polar surface area (TPSA) is 94.5 Å². The second-order valence-corrected chi connectivity index (χ2v) is 10.9. The molecule has 2 fully saturated rings. The predicted octanol–water partition coefficient (Wildman–Crippen LogP) is 3.78. The number of methoxy groups -OCH3 is 1. The zero-order chi connectivity index (χ0) is 27.0. The Morgan fingerprint density at radius 3 is 2.49 bits per heavy atom. The summed E-state index contributed by atoms with van der Waals surface area (Å²) in [5, 5.41) is 11.9. The first-order valence-electron chi connectivity index (χ1n) is 13.8. The Balaban J connectivity index is 1.14. The molecule has 1 aromatic carbocycles. The maximum atomic E-state index is 13.5. The van der Waals surface area contributed by atoms with E-state index in [-0.39, 0.29) is 30.0 Å². The van der Waals surface area contributed by atoms with Gasteiger partial charge in [0, 0.05) is 43.4 Å². The zero-order valence-electron chi connectivity index (χ0n) is 22.3. The van der Waals surface area contributed by atoms with Crippen LogP contribution in [0.4, 0.5) is 0 Å². The third-order valence-electron chi connectivity index (χ3n) is 8.55. The van der Waals surface area contributed by atoms with Crippen molar-refractivity contribution >= 4 is 16.9 Å². The predicted molar refractivity (Wildman–Crippen MR) is 148 cm³/mol. The zero-order valence-corrected chi connectivity index (χ0v) is 22.3. The Kier molecular flexibility index (Phi) is 6.76. The van der Waals surface area contributed by atoms with E-state index in [4.69, 9.17) is 4.74 Å². The molecule has 2 aliphatic rings. The summed E-state index contributed by atoms with van der Waals surface area (Å²) in [7, 11) is 1.62. The van der Waals surface area contributed by atoms with Crippen LogP contribution in [0.5, 0.6) is 5.75 Å². The molecular weight excluding hydrogens is 494 g/mol. The van der Waals surface area contributed by atoms with Crippen LogP contribution in [0.1, 0.15) is 44.6 Å². The molecule has 0 spiro atoms. The first kappa shape index (κ1) is 25.4. The van der Waals surface area contributed by atoms with E-state index in [0.717, 1.165) is 37.1 Å². The Bertz CT molecular complexity index is 1500. The quantitative estimate of drug-likeness (QED) is 0.410. The highest BCUT2D eigenvalue weighted by Gasteiger charge is 2.39. The van der Waals surface area contributed by atoms with Gasteiger partial charge in [0.25, 0.3) is 5.56 Å². The first-order chi connectivity index (χ1) is 19.0. The lowest BCUT2D eigenvalue weighted by Gasteiger charge is -2.41. The Hall–Kier alpha value is -3.85. The van der Waals surface area contributed by atoms with Gasteiger partial charge >= 0.3 is 0 Å². The van der Waals surface area contributed by atoms with E-state index in [1.54, 1.807) is 13.2 Å². The van der Waals surface area contributed by atoms with Crippen molar-refractivity contribution in [2.24, 2.45) is 5.92 Å². The van der Waals surface area contributed by atoms with Crippen LogP contribution < -0.4 is 10.3 Å². The van der Waals surface area contributed by atoms with Crippen molar-refractivity contribution in [2.75, 3.05) is 20.2 Å². The molecule has 1 aliphatic heterocycles. The monoisotopic (exact) mass is 529 g/mol. The van der Waals surface area contributed by atoms with E-state index >= 15 is 0 Å². The molecule has 2 atom stereocenters. The maximum absolute atomic E-state index is 13.5. The van der Waals surface area contributed by atoms with Crippen molar-refractivity contribution in [2.45, 2.75) is 56.7 Å². The number of nitrogens with zero attached hydrogens (tertiary/aromatic N) is 5. The number of hydrogen-bond donors (Lipinski definition) is 1. The summed E-state index contributed by atoms with van der Waals surface area (Å²) in [5.41, 5.74) is 0.193. The SMILES string of the molecule is COc1ccc(-n2ccc3c(=O)n(CC4(O)CCN(C(=O)C5CCCCC5n5cccc5)CC4)cnc32)cc1. The highest BCUT2D eigenvalue weighted by atomic mass is 16.5. The third kappa shape index (κ3) is 4.87. The molecule has 4 aromatic rings. The van der Waals surface area contributed by atoms with Crippen molar-refractivity contribution in [1.29, 1.82) is 0 Å². The highest BCUT2D eigenvalue weighted by Crippen LogP contribution is 2.36. The second-order valence-electron chi connectivity index (χ2n) is 10.9. The van der Waals surface area contributed by atoms with Crippen LogP contribution in [-0.2, 0) is 11.3 Å². The lowest BCUT2D eigenvalue weighted by molar-refractivity contribution is -0.142. The molecule has 9 nitrogen and oxygen atoms in total. The number of carbonyl (C=O) groups is 1. The lowest BCUT2D eigenvalue weighted by atomic mass is 9.82. The molecule has 3 aromatic heterocycles. The number of hydrogen-bond acceptors (Lipinski definition) is 5. The molecule has 1 saturated carbocycles. The van der Waals surface area contributed by atoms with Crippen molar-refractivity contribution in [3.05, 3.63) is 77.7 Å². The number of aliphatic hydroxyl groups is 1. The number of rotatable bonds is 6. The molecule has 39 heavy (non-hydrogen) atoms. The van der Waals surface area contributed by atoms with Crippen LogP contribution in [0.2, 0.25) is 0 Å².